The maximum Gasteiger partial charge on any atom is 0.244 e. The second-order valence-corrected chi connectivity index (χ2v) is 9.56. The molecular weight excluding hydrogens is 400 g/mol. The van der Waals surface area contributed by atoms with Crippen molar-refractivity contribution in [2.75, 3.05) is 17.7 Å². The number of aryl methyl sites for hydroxylation is 3. The molecule has 1 N–H and O–H groups in total. The van der Waals surface area contributed by atoms with Gasteiger partial charge in [-0.3, -0.25) is 9.10 Å². The van der Waals surface area contributed by atoms with E-state index in [1.165, 1.54) is 4.31 Å². The highest BCUT2D eigenvalue weighted by Crippen LogP contribution is 2.26. The summed E-state index contributed by atoms with van der Waals surface area (Å²) >= 11 is 0. The molecule has 30 heavy (non-hydrogen) atoms. The Morgan fingerprint density at radius 2 is 1.73 bits per heavy atom. The molecule has 0 saturated heterocycles. The highest BCUT2D eigenvalue weighted by Gasteiger charge is 2.30. The van der Waals surface area contributed by atoms with E-state index in [9.17, 15) is 13.2 Å². The van der Waals surface area contributed by atoms with Gasteiger partial charge in [-0.05, 0) is 74.6 Å². The highest BCUT2D eigenvalue weighted by atomic mass is 32.2. The molecule has 164 valence electrons. The standard InChI is InChI=1S/C23H32N2O4S/c1-8-21(19-10-12-22(29-6)17(4)13-19)24-23(26)18(5)25(30(7,27)28)20-11-9-15(2)16(3)14-20/h9-14,18,21H,8H2,1-7H3,(H,24,26)/t18-,21+/m0/s1. The summed E-state index contributed by atoms with van der Waals surface area (Å²) in [5.41, 5.74) is 4.44. The van der Waals surface area contributed by atoms with Crippen LogP contribution in [0.3, 0.4) is 0 Å². The van der Waals surface area contributed by atoms with E-state index in [1.54, 1.807) is 26.2 Å². The predicted octanol–water partition coefficient (Wildman–Crippen LogP) is 4.04. The fraction of sp³-hybridized carbons (Fsp3) is 0.435. The van der Waals surface area contributed by atoms with Crippen LogP contribution in [0.5, 0.6) is 5.75 Å². The third kappa shape index (κ3) is 5.33. The Balaban J connectivity index is 2.31. The highest BCUT2D eigenvalue weighted by molar-refractivity contribution is 7.92. The van der Waals surface area contributed by atoms with Gasteiger partial charge in [0.05, 0.1) is 25.1 Å². The van der Waals surface area contributed by atoms with Gasteiger partial charge in [0.2, 0.25) is 15.9 Å². The van der Waals surface area contributed by atoms with Crippen molar-refractivity contribution in [1.82, 2.24) is 5.32 Å². The number of nitrogens with one attached hydrogen (secondary N) is 1. The van der Waals surface area contributed by atoms with Crippen LogP contribution < -0.4 is 14.4 Å². The molecule has 7 heteroatoms. The van der Waals surface area contributed by atoms with Crippen molar-refractivity contribution in [2.45, 2.75) is 53.1 Å². The average molecular weight is 433 g/mol. The van der Waals surface area contributed by atoms with E-state index in [0.717, 1.165) is 34.3 Å². The first-order valence-electron chi connectivity index (χ1n) is 10.0. The molecule has 0 aliphatic heterocycles. The number of ether oxygens (including phenoxy) is 1. The molecule has 6 nitrogen and oxygen atoms in total. The Kier molecular flexibility index (Phi) is 7.53. The lowest BCUT2D eigenvalue weighted by Crippen LogP contribution is -2.48. The van der Waals surface area contributed by atoms with Gasteiger partial charge in [-0.15, -0.1) is 0 Å². The molecule has 0 spiro atoms. The fourth-order valence-corrected chi connectivity index (χ4v) is 4.67. The molecule has 0 bridgehead atoms. The molecule has 0 aliphatic rings. The van der Waals surface area contributed by atoms with E-state index >= 15 is 0 Å². The van der Waals surface area contributed by atoms with Gasteiger partial charge < -0.3 is 10.1 Å². The number of benzene rings is 2. The molecular formula is C23H32N2O4S. The van der Waals surface area contributed by atoms with E-state index in [2.05, 4.69) is 5.32 Å². The summed E-state index contributed by atoms with van der Waals surface area (Å²) in [7, 11) is -2.04. The zero-order chi connectivity index (χ0) is 22.6. The zero-order valence-corrected chi connectivity index (χ0v) is 19.6. The van der Waals surface area contributed by atoms with Crippen molar-refractivity contribution in [3.63, 3.8) is 0 Å². The van der Waals surface area contributed by atoms with Gasteiger partial charge in [0.1, 0.15) is 11.8 Å². The van der Waals surface area contributed by atoms with Gasteiger partial charge >= 0.3 is 0 Å². The van der Waals surface area contributed by atoms with Crippen molar-refractivity contribution in [3.8, 4) is 5.75 Å². The molecule has 1 amide bonds. The summed E-state index contributed by atoms with van der Waals surface area (Å²) in [5.74, 6) is 0.435. The number of carbonyl (C=O) groups excluding carboxylic acids is 1. The third-order valence-electron chi connectivity index (χ3n) is 5.38. The second-order valence-electron chi connectivity index (χ2n) is 7.70. The summed E-state index contributed by atoms with van der Waals surface area (Å²) < 4.78 is 31.6. The normalized spacial score (nSPS) is 13.4. The first-order chi connectivity index (χ1) is 14.0. The van der Waals surface area contributed by atoms with Gasteiger partial charge in [0, 0.05) is 0 Å². The minimum absolute atomic E-state index is 0.231. The van der Waals surface area contributed by atoms with Crippen molar-refractivity contribution in [2.24, 2.45) is 0 Å². The largest absolute Gasteiger partial charge is 0.496 e. The van der Waals surface area contributed by atoms with Gasteiger partial charge in [-0.25, -0.2) is 8.42 Å². The quantitative estimate of drug-likeness (QED) is 0.683. The Labute approximate surface area is 180 Å². The number of nitrogens with zero attached hydrogens (tertiary/aromatic N) is 1. The molecule has 2 atom stereocenters. The van der Waals surface area contributed by atoms with Crippen LogP contribution in [0, 0.1) is 20.8 Å². The zero-order valence-electron chi connectivity index (χ0n) is 18.8. The Morgan fingerprint density at radius 3 is 2.23 bits per heavy atom. The Morgan fingerprint density at radius 1 is 1.07 bits per heavy atom. The van der Waals surface area contributed by atoms with E-state index in [1.807, 2.05) is 52.0 Å². The van der Waals surface area contributed by atoms with E-state index in [4.69, 9.17) is 4.74 Å². The lowest BCUT2D eigenvalue weighted by atomic mass is 10.0. The van der Waals surface area contributed by atoms with Crippen LogP contribution in [0.15, 0.2) is 36.4 Å². The first-order valence-corrected chi connectivity index (χ1v) is 11.9. The molecule has 2 aromatic carbocycles. The van der Waals surface area contributed by atoms with Crippen LogP contribution in [-0.4, -0.2) is 33.7 Å². The lowest BCUT2D eigenvalue weighted by molar-refractivity contribution is -0.122. The summed E-state index contributed by atoms with van der Waals surface area (Å²) in [5, 5.41) is 3.01. The topological polar surface area (TPSA) is 75.7 Å². The minimum atomic E-state index is -3.66. The molecule has 0 radical (unpaired) electrons. The number of carbonyl (C=O) groups is 1. The van der Waals surface area contributed by atoms with Gasteiger partial charge in [0.25, 0.3) is 0 Å². The number of amides is 1. The second kappa shape index (κ2) is 9.51. The van der Waals surface area contributed by atoms with Gasteiger partial charge in [-0.1, -0.05) is 25.1 Å². The predicted molar refractivity (Wildman–Crippen MR) is 122 cm³/mol. The molecule has 0 fully saturated rings. The van der Waals surface area contributed by atoms with Crippen LogP contribution in [0.1, 0.15) is 48.6 Å². The molecule has 0 unspecified atom stereocenters. The molecule has 2 rings (SSSR count). The monoisotopic (exact) mass is 432 g/mol. The van der Waals surface area contributed by atoms with Crippen LogP contribution in [0.25, 0.3) is 0 Å². The molecule has 0 saturated carbocycles. The van der Waals surface area contributed by atoms with Crippen molar-refractivity contribution >= 4 is 21.6 Å². The Hall–Kier alpha value is -2.54. The Bertz CT molecular complexity index is 1020. The van der Waals surface area contributed by atoms with Crippen LogP contribution in [0.4, 0.5) is 5.69 Å². The SMILES string of the molecule is CC[C@@H](NC(=O)[C@H](C)N(c1ccc(C)c(C)c1)S(C)(=O)=O)c1ccc(OC)c(C)c1. The van der Waals surface area contributed by atoms with E-state index in [-0.39, 0.29) is 11.9 Å². The molecule has 2 aromatic rings. The fourth-order valence-electron chi connectivity index (χ4n) is 3.50. The minimum Gasteiger partial charge on any atom is -0.496 e. The number of hydrogen-bond acceptors (Lipinski definition) is 4. The summed E-state index contributed by atoms with van der Waals surface area (Å²) in [4.78, 5) is 13.1. The summed E-state index contributed by atoms with van der Waals surface area (Å²) in [6.07, 6.45) is 1.79. The summed E-state index contributed by atoms with van der Waals surface area (Å²) in [6.45, 7) is 9.42. The number of anilines is 1. The number of methoxy groups -OCH3 is 1. The maximum absolute atomic E-state index is 13.1. The molecule has 0 heterocycles. The van der Waals surface area contributed by atoms with Gasteiger partial charge in [0.15, 0.2) is 0 Å². The number of rotatable bonds is 8. The maximum atomic E-state index is 13.1. The average Bonchev–Trinajstić information content (AvgIpc) is 2.67. The van der Waals surface area contributed by atoms with Gasteiger partial charge in [-0.2, -0.15) is 0 Å². The first kappa shape index (κ1) is 23.7. The molecule has 0 aromatic heterocycles. The number of sulfonamides is 1. The van der Waals surface area contributed by atoms with Crippen molar-refractivity contribution < 1.29 is 17.9 Å². The van der Waals surface area contributed by atoms with Crippen LogP contribution in [0.2, 0.25) is 0 Å². The smallest absolute Gasteiger partial charge is 0.244 e. The van der Waals surface area contributed by atoms with E-state index in [0.29, 0.717) is 12.1 Å². The van der Waals surface area contributed by atoms with Crippen molar-refractivity contribution in [1.29, 1.82) is 0 Å². The summed E-state index contributed by atoms with van der Waals surface area (Å²) in [6, 6.07) is 10.0. The number of hydrogen-bond donors (Lipinski definition) is 1. The van der Waals surface area contributed by atoms with Crippen LogP contribution in [-0.2, 0) is 14.8 Å². The lowest BCUT2D eigenvalue weighted by Gasteiger charge is -2.30. The van der Waals surface area contributed by atoms with Crippen molar-refractivity contribution in [3.05, 3.63) is 58.7 Å². The third-order valence-corrected chi connectivity index (χ3v) is 6.62. The van der Waals surface area contributed by atoms with E-state index < -0.39 is 16.1 Å². The van der Waals surface area contributed by atoms with Crippen LogP contribution >= 0.6 is 0 Å². The molecule has 0 aliphatic carbocycles.